The number of nitrogens with zero attached hydrogens (tertiary/aromatic N) is 3. The van der Waals surface area contributed by atoms with Gasteiger partial charge in [0.15, 0.2) is 0 Å². The highest BCUT2D eigenvalue weighted by Gasteiger charge is 2.11. The van der Waals surface area contributed by atoms with Crippen molar-refractivity contribution in [3.05, 3.63) is 71.4 Å². The lowest BCUT2D eigenvalue weighted by Gasteiger charge is -2.10. The lowest BCUT2D eigenvalue weighted by Crippen LogP contribution is -2.30. The van der Waals surface area contributed by atoms with Crippen molar-refractivity contribution in [3.8, 4) is 0 Å². The molecule has 0 atom stereocenters. The summed E-state index contributed by atoms with van der Waals surface area (Å²) >= 11 is 5.93. The number of anilines is 3. The van der Waals surface area contributed by atoms with E-state index in [0.29, 0.717) is 30.5 Å². The summed E-state index contributed by atoms with van der Waals surface area (Å²) in [5.41, 5.74) is 0.190. The van der Waals surface area contributed by atoms with Crippen LogP contribution in [-0.4, -0.2) is 33.9 Å². The van der Waals surface area contributed by atoms with Crippen molar-refractivity contribution in [2.45, 2.75) is 6.42 Å². The van der Waals surface area contributed by atoms with Crippen LogP contribution >= 0.6 is 11.6 Å². The molecule has 144 valence electrons. The number of halogens is 2. The summed E-state index contributed by atoms with van der Waals surface area (Å²) in [6.07, 6.45) is 2.99. The van der Waals surface area contributed by atoms with E-state index in [-0.39, 0.29) is 22.9 Å². The van der Waals surface area contributed by atoms with E-state index < -0.39 is 5.82 Å². The molecule has 0 spiro atoms. The maximum absolute atomic E-state index is 13.7. The molecule has 0 aliphatic rings. The van der Waals surface area contributed by atoms with E-state index in [1.54, 1.807) is 18.3 Å². The van der Waals surface area contributed by atoms with Crippen LogP contribution in [-0.2, 0) is 11.2 Å². The molecule has 28 heavy (non-hydrogen) atoms. The molecule has 1 aromatic carbocycles. The van der Waals surface area contributed by atoms with E-state index in [4.69, 9.17) is 11.6 Å². The van der Waals surface area contributed by atoms with Gasteiger partial charge in [0.25, 0.3) is 0 Å². The Morgan fingerprint density at radius 1 is 1.00 bits per heavy atom. The number of nitrogens with one attached hydrogen (secondary N) is 3. The molecule has 0 saturated carbocycles. The highest BCUT2D eigenvalue weighted by Crippen LogP contribution is 2.19. The molecule has 2 aromatic heterocycles. The molecular formula is C19H18ClFN6O. The highest BCUT2D eigenvalue weighted by molar-refractivity contribution is 6.31. The Morgan fingerprint density at radius 3 is 2.64 bits per heavy atom. The molecule has 0 aliphatic heterocycles. The number of benzene rings is 1. The number of aromatic nitrogens is 3. The number of pyridine rings is 1. The zero-order chi connectivity index (χ0) is 19.8. The fraction of sp³-hybridized carbons (Fsp3) is 0.158. The predicted molar refractivity (Wildman–Crippen MR) is 106 cm³/mol. The quantitative estimate of drug-likeness (QED) is 0.503. The molecule has 0 saturated heterocycles. The predicted octanol–water partition coefficient (Wildman–Crippen LogP) is 3.18. The van der Waals surface area contributed by atoms with Gasteiger partial charge in [-0.15, -0.1) is 0 Å². The summed E-state index contributed by atoms with van der Waals surface area (Å²) in [5.74, 6) is 1.06. The summed E-state index contributed by atoms with van der Waals surface area (Å²) in [5, 5.41) is 9.11. The third-order valence-electron chi connectivity index (χ3n) is 3.74. The Kier molecular flexibility index (Phi) is 6.69. The monoisotopic (exact) mass is 400 g/mol. The Bertz CT molecular complexity index is 920. The maximum Gasteiger partial charge on any atom is 0.224 e. The van der Waals surface area contributed by atoms with E-state index >= 15 is 0 Å². The molecule has 0 aliphatic carbocycles. The molecule has 9 heteroatoms. The minimum Gasteiger partial charge on any atom is -0.368 e. The molecule has 3 rings (SSSR count). The van der Waals surface area contributed by atoms with Crippen LogP contribution in [0, 0.1) is 5.82 Å². The highest BCUT2D eigenvalue weighted by atomic mass is 35.5. The number of carbonyl (C=O) groups is 1. The molecule has 7 nitrogen and oxygen atoms in total. The fourth-order valence-corrected chi connectivity index (χ4v) is 2.64. The van der Waals surface area contributed by atoms with Crippen LogP contribution < -0.4 is 16.0 Å². The molecule has 0 unspecified atom stereocenters. The Balaban J connectivity index is 1.45. The third kappa shape index (κ3) is 5.62. The molecule has 0 radical (unpaired) electrons. The van der Waals surface area contributed by atoms with Gasteiger partial charge in [0.05, 0.1) is 6.42 Å². The number of hydrogen-bond acceptors (Lipinski definition) is 6. The molecule has 1 amide bonds. The molecular weight excluding hydrogens is 383 g/mol. The first-order chi connectivity index (χ1) is 13.6. The second kappa shape index (κ2) is 9.61. The van der Waals surface area contributed by atoms with E-state index in [1.165, 1.54) is 18.5 Å². The smallest absolute Gasteiger partial charge is 0.224 e. The van der Waals surface area contributed by atoms with Gasteiger partial charge in [0.1, 0.15) is 29.6 Å². The van der Waals surface area contributed by atoms with Crippen molar-refractivity contribution in [1.82, 2.24) is 20.3 Å². The summed E-state index contributed by atoms with van der Waals surface area (Å²) in [7, 11) is 0. The van der Waals surface area contributed by atoms with Crippen molar-refractivity contribution in [3.63, 3.8) is 0 Å². The number of carbonyl (C=O) groups excluding carboxylic acids is 1. The Hall–Kier alpha value is -3.26. The zero-order valence-electron chi connectivity index (χ0n) is 14.8. The largest absolute Gasteiger partial charge is 0.368 e. The lowest BCUT2D eigenvalue weighted by atomic mass is 10.1. The average Bonchev–Trinajstić information content (AvgIpc) is 2.69. The van der Waals surface area contributed by atoms with Gasteiger partial charge in [-0.2, -0.15) is 0 Å². The van der Waals surface area contributed by atoms with Crippen molar-refractivity contribution >= 4 is 35.0 Å². The third-order valence-corrected chi connectivity index (χ3v) is 4.09. The average molecular weight is 401 g/mol. The van der Waals surface area contributed by atoms with Gasteiger partial charge in [-0.3, -0.25) is 4.79 Å². The zero-order valence-corrected chi connectivity index (χ0v) is 15.6. The van der Waals surface area contributed by atoms with Crippen LogP contribution in [0.5, 0.6) is 0 Å². The van der Waals surface area contributed by atoms with Crippen molar-refractivity contribution in [2.75, 3.05) is 23.7 Å². The first-order valence-corrected chi connectivity index (χ1v) is 8.93. The van der Waals surface area contributed by atoms with Crippen molar-refractivity contribution in [1.29, 1.82) is 0 Å². The Morgan fingerprint density at radius 2 is 1.86 bits per heavy atom. The van der Waals surface area contributed by atoms with E-state index in [1.807, 2.05) is 18.2 Å². The minimum atomic E-state index is -0.491. The van der Waals surface area contributed by atoms with Gasteiger partial charge < -0.3 is 16.0 Å². The van der Waals surface area contributed by atoms with Gasteiger partial charge in [0, 0.05) is 35.9 Å². The van der Waals surface area contributed by atoms with Gasteiger partial charge in [-0.1, -0.05) is 23.7 Å². The summed E-state index contributed by atoms with van der Waals surface area (Å²) in [6, 6.07) is 11.6. The van der Waals surface area contributed by atoms with E-state index in [9.17, 15) is 9.18 Å². The van der Waals surface area contributed by atoms with Crippen LogP contribution in [0.2, 0.25) is 5.02 Å². The van der Waals surface area contributed by atoms with Crippen LogP contribution in [0.3, 0.4) is 0 Å². The van der Waals surface area contributed by atoms with Crippen molar-refractivity contribution in [2.24, 2.45) is 0 Å². The summed E-state index contributed by atoms with van der Waals surface area (Å²) in [6.45, 7) is 0.786. The second-order valence-corrected chi connectivity index (χ2v) is 6.19. The van der Waals surface area contributed by atoms with Crippen molar-refractivity contribution < 1.29 is 9.18 Å². The number of hydrogen-bond donors (Lipinski definition) is 3. The van der Waals surface area contributed by atoms with Crippen LogP contribution in [0.15, 0.2) is 55.0 Å². The standard InChI is InChI=1S/C19H18ClFN6O/c20-14-4-3-5-15(21)13(14)10-19(28)24-9-8-23-17-11-18(26-12-25-17)27-16-6-1-2-7-22-16/h1-7,11-12H,8-10H2,(H,24,28)(H2,22,23,25,26,27). The van der Waals surface area contributed by atoms with E-state index in [0.717, 1.165) is 0 Å². The van der Waals surface area contributed by atoms with Crippen LogP contribution in [0.1, 0.15) is 5.56 Å². The molecule has 0 fully saturated rings. The normalized spacial score (nSPS) is 10.4. The summed E-state index contributed by atoms with van der Waals surface area (Å²) < 4.78 is 13.7. The van der Waals surface area contributed by atoms with Crippen LogP contribution in [0.4, 0.5) is 21.8 Å². The van der Waals surface area contributed by atoms with Gasteiger partial charge in [0.2, 0.25) is 5.91 Å². The van der Waals surface area contributed by atoms with E-state index in [2.05, 4.69) is 30.9 Å². The van der Waals surface area contributed by atoms with Gasteiger partial charge in [-0.25, -0.2) is 19.3 Å². The molecule has 3 N–H and O–H groups in total. The van der Waals surface area contributed by atoms with Crippen LogP contribution in [0.25, 0.3) is 0 Å². The molecule has 3 aromatic rings. The second-order valence-electron chi connectivity index (χ2n) is 5.78. The summed E-state index contributed by atoms with van der Waals surface area (Å²) in [4.78, 5) is 24.4. The molecule has 2 heterocycles. The van der Waals surface area contributed by atoms with Gasteiger partial charge >= 0.3 is 0 Å². The number of rotatable bonds is 8. The van der Waals surface area contributed by atoms with Gasteiger partial charge in [-0.05, 0) is 24.3 Å². The topological polar surface area (TPSA) is 91.8 Å². The minimum absolute atomic E-state index is 0.114. The SMILES string of the molecule is O=C(Cc1c(F)cccc1Cl)NCCNc1cc(Nc2ccccn2)ncn1. The maximum atomic E-state index is 13.7. The number of amides is 1. The lowest BCUT2D eigenvalue weighted by molar-refractivity contribution is -0.120. The first kappa shape index (κ1) is 19.5. The Labute approximate surface area is 166 Å². The first-order valence-electron chi connectivity index (χ1n) is 8.55. The fourth-order valence-electron chi connectivity index (χ4n) is 2.41. The molecule has 0 bridgehead atoms.